The van der Waals surface area contributed by atoms with Crippen LogP contribution in [-0.4, -0.2) is 53.0 Å². The SMILES string of the molecule is O=C(NCCC(O)C(O)c1cc(OC(F)(F)F)cc(C(=O)O)c1)OCC1c2ccccc2-c2ccccc21. The van der Waals surface area contributed by atoms with E-state index in [9.17, 15) is 33.0 Å². The highest BCUT2D eigenvalue weighted by Gasteiger charge is 2.32. The number of hydrogen-bond acceptors (Lipinski definition) is 6. The summed E-state index contributed by atoms with van der Waals surface area (Å²) in [6.45, 7) is -0.0472. The van der Waals surface area contributed by atoms with Gasteiger partial charge in [0.2, 0.25) is 0 Å². The van der Waals surface area contributed by atoms with E-state index >= 15 is 0 Å². The summed E-state index contributed by atoms with van der Waals surface area (Å²) in [6.07, 6.45) is -9.30. The summed E-state index contributed by atoms with van der Waals surface area (Å²) in [5.41, 5.74) is 3.37. The molecule has 3 aromatic carbocycles. The summed E-state index contributed by atoms with van der Waals surface area (Å²) >= 11 is 0. The first kappa shape index (κ1) is 27.0. The minimum absolute atomic E-state index is 0.0784. The smallest absolute Gasteiger partial charge is 0.478 e. The molecule has 0 saturated carbocycles. The number of amides is 1. The molecule has 0 aliphatic heterocycles. The van der Waals surface area contributed by atoms with Crippen LogP contribution in [0.2, 0.25) is 0 Å². The third-order valence-corrected chi connectivity index (χ3v) is 6.17. The number of carboxylic acids is 1. The number of carbonyl (C=O) groups is 2. The summed E-state index contributed by atoms with van der Waals surface area (Å²) in [5, 5.41) is 32.3. The summed E-state index contributed by atoms with van der Waals surface area (Å²) in [7, 11) is 0. The van der Waals surface area contributed by atoms with Crippen molar-refractivity contribution < 1.29 is 47.6 Å². The predicted octanol–water partition coefficient (Wildman–Crippen LogP) is 4.61. The van der Waals surface area contributed by atoms with Crippen LogP contribution in [-0.2, 0) is 4.74 Å². The molecule has 0 saturated heterocycles. The number of aromatic carboxylic acids is 1. The van der Waals surface area contributed by atoms with E-state index in [1.165, 1.54) is 0 Å². The lowest BCUT2D eigenvalue weighted by molar-refractivity contribution is -0.274. The van der Waals surface area contributed by atoms with E-state index in [4.69, 9.17) is 9.84 Å². The zero-order chi connectivity index (χ0) is 27.4. The molecule has 0 radical (unpaired) electrons. The summed E-state index contributed by atoms with van der Waals surface area (Å²) in [6, 6.07) is 18.0. The van der Waals surface area contributed by atoms with Crippen LogP contribution in [0.3, 0.4) is 0 Å². The molecule has 0 bridgehead atoms. The highest BCUT2D eigenvalue weighted by atomic mass is 19.4. The monoisotopic (exact) mass is 531 g/mol. The van der Waals surface area contributed by atoms with Crippen LogP contribution < -0.4 is 10.1 Å². The Labute approximate surface area is 215 Å². The molecular weight excluding hydrogens is 507 g/mol. The van der Waals surface area contributed by atoms with Gasteiger partial charge in [-0.05, 0) is 52.4 Å². The average molecular weight is 531 g/mol. The maximum atomic E-state index is 12.6. The zero-order valence-corrected chi connectivity index (χ0v) is 19.8. The summed E-state index contributed by atoms with van der Waals surface area (Å²) in [5.74, 6) is -2.54. The predicted molar refractivity (Wildman–Crippen MR) is 129 cm³/mol. The molecule has 1 aliphatic rings. The van der Waals surface area contributed by atoms with E-state index in [-0.39, 0.29) is 31.1 Å². The van der Waals surface area contributed by atoms with Gasteiger partial charge in [0.25, 0.3) is 0 Å². The normalized spacial score (nSPS) is 14.2. The van der Waals surface area contributed by atoms with Gasteiger partial charge in [0.15, 0.2) is 0 Å². The molecule has 4 N–H and O–H groups in total. The van der Waals surface area contributed by atoms with Crippen LogP contribution in [0.15, 0.2) is 66.7 Å². The summed E-state index contributed by atoms with van der Waals surface area (Å²) in [4.78, 5) is 23.5. The fourth-order valence-electron chi connectivity index (χ4n) is 4.46. The molecule has 1 aliphatic carbocycles. The Hall–Kier alpha value is -4.09. The molecule has 2 atom stereocenters. The van der Waals surface area contributed by atoms with Crippen LogP contribution in [0.25, 0.3) is 11.1 Å². The number of aliphatic hydroxyl groups is 2. The molecule has 200 valence electrons. The number of ether oxygens (including phenoxy) is 2. The average Bonchev–Trinajstić information content (AvgIpc) is 3.19. The maximum Gasteiger partial charge on any atom is 0.573 e. The molecule has 0 fully saturated rings. The lowest BCUT2D eigenvalue weighted by atomic mass is 9.98. The van der Waals surface area contributed by atoms with E-state index in [2.05, 4.69) is 10.1 Å². The topological polar surface area (TPSA) is 125 Å². The third-order valence-electron chi connectivity index (χ3n) is 6.17. The maximum absolute atomic E-state index is 12.6. The van der Waals surface area contributed by atoms with Gasteiger partial charge in [-0.25, -0.2) is 9.59 Å². The molecular formula is C27H24F3NO7. The van der Waals surface area contributed by atoms with Crippen molar-refractivity contribution in [2.24, 2.45) is 0 Å². The molecule has 8 nitrogen and oxygen atoms in total. The third kappa shape index (κ3) is 6.24. The zero-order valence-electron chi connectivity index (χ0n) is 19.8. The number of benzene rings is 3. The van der Waals surface area contributed by atoms with Crippen molar-refractivity contribution in [1.29, 1.82) is 0 Å². The van der Waals surface area contributed by atoms with Crippen LogP contribution in [0, 0.1) is 0 Å². The molecule has 2 unspecified atom stereocenters. The van der Waals surface area contributed by atoms with Crippen LogP contribution in [0.5, 0.6) is 5.75 Å². The van der Waals surface area contributed by atoms with Gasteiger partial charge in [-0.1, -0.05) is 48.5 Å². The van der Waals surface area contributed by atoms with Crippen LogP contribution in [0.4, 0.5) is 18.0 Å². The second kappa shape index (κ2) is 11.1. The Kier molecular flexibility index (Phi) is 7.88. The fourth-order valence-corrected chi connectivity index (χ4v) is 4.46. The lowest BCUT2D eigenvalue weighted by Crippen LogP contribution is -2.30. The number of nitrogens with one attached hydrogen (secondary N) is 1. The number of carboxylic acid groups (broad SMARTS) is 1. The minimum atomic E-state index is -5.08. The lowest BCUT2D eigenvalue weighted by Gasteiger charge is -2.20. The molecule has 0 aromatic heterocycles. The van der Waals surface area contributed by atoms with Gasteiger partial charge < -0.3 is 30.1 Å². The second-order valence-electron chi connectivity index (χ2n) is 8.70. The van der Waals surface area contributed by atoms with Crippen molar-refractivity contribution in [2.45, 2.75) is 30.9 Å². The van der Waals surface area contributed by atoms with Gasteiger partial charge >= 0.3 is 18.4 Å². The van der Waals surface area contributed by atoms with Crippen molar-refractivity contribution in [2.75, 3.05) is 13.2 Å². The number of alkyl carbamates (subject to hydrolysis) is 1. The number of hydrogen-bond donors (Lipinski definition) is 4. The number of carbonyl (C=O) groups excluding carboxylic acids is 1. The highest BCUT2D eigenvalue weighted by Crippen LogP contribution is 2.44. The van der Waals surface area contributed by atoms with E-state index in [1.54, 1.807) is 0 Å². The molecule has 1 amide bonds. The van der Waals surface area contributed by atoms with Gasteiger partial charge in [-0.3, -0.25) is 0 Å². The fraction of sp³-hybridized carbons (Fsp3) is 0.259. The largest absolute Gasteiger partial charge is 0.573 e. The van der Waals surface area contributed by atoms with Gasteiger partial charge in [-0.15, -0.1) is 13.2 Å². The van der Waals surface area contributed by atoms with Gasteiger partial charge in [0.1, 0.15) is 18.5 Å². The number of aliphatic hydroxyl groups excluding tert-OH is 2. The highest BCUT2D eigenvalue weighted by molar-refractivity contribution is 5.88. The van der Waals surface area contributed by atoms with Gasteiger partial charge in [0.05, 0.1) is 11.7 Å². The number of rotatable bonds is 9. The summed E-state index contributed by atoms with van der Waals surface area (Å²) < 4.78 is 46.9. The molecule has 3 aromatic rings. The van der Waals surface area contributed by atoms with Gasteiger partial charge in [-0.2, -0.15) is 0 Å². The quantitative estimate of drug-likeness (QED) is 0.318. The second-order valence-corrected chi connectivity index (χ2v) is 8.70. The van der Waals surface area contributed by atoms with Crippen molar-refractivity contribution in [3.63, 3.8) is 0 Å². The molecule has 38 heavy (non-hydrogen) atoms. The Bertz CT molecular complexity index is 1280. The Morgan fingerprint density at radius 3 is 2.13 bits per heavy atom. The standard InChI is InChI=1S/C27H24F3NO7/c28-27(29,30)38-17-12-15(11-16(13-17)25(34)35)24(33)23(32)9-10-31-26(36)37-14-22-20-7-3-1-5-18(20)19-6-2-4-8-21(19)22/h1-8,11-13,22-24,32-33H,9-10,14H2,(H,31,36)(H,34,35). The first-order valence-corrected chi connectivity index (χ1v) is 11.6. The van der Waals surface area contributed by atoms with E-state index in [0.717, 1.165) is 34.4 Å². The first-order valence-electron chi connectivity index (χ1n) is 11.6. The first-order chi connectivity index (χ1) is 18.0. The van der Waals surface area contributed by atoms with E-state index in [0.29, 0.717) is 6.07 Å². The molecule has 0 spiro atoms. The Morgan fingerprint density at radius 1 is 0.947 bits per heavy atom. The molecule has 0 heterocycles. The molecule has 4 rings (SSSR count). The van der Waals surface area contributed by atoms with E-state index < -0.39 is 41.9 Å². The number of halogens is 3. The van der Waals surface area contributed by atoms with Gasteiger partial charge in [0, 0.05) is 12.5 Å². The van der Waals surface area contributed by atoms with Crippen molar-refractivity contribution in [1.82, 2.24) is 5.32 Å². The van der Waals surface area contributed by atoms with Crippen molar-refractivity contribution in [3.8, 4) is 16.9 Å². The Balaban J connectivity index is 1.32. The van der Waals surface area contributed by atoms with Crippen LogP contribution >= 0.6 is 0 Å². The van der Waals surface area contributed by atoms with Crippen molar-refractivity contribution in [3.05, 3.63) is 89.0 Å². The van der Waals surface area contributed by atoms with Crippen molar-refractivity contribution >= 4 is 12.1 Å². The Morgan fingerprint density at radius 2 is 1.55 bits per heavy atom. The van der Waals surface area contributed by atoms with E-state index in [1.807, 2.05) is 48.5 Å². The number of alkyl halides is 3. The number of fused-ring (bicyclic) bond motifs is 3. The van der Waals surface area contributed by atoms with Crippen LogP contribution in [0.1, 0.15) is 45.5 Å². The molecule has 11 heteroatoms. The minimum Gasteiger partial charge on any atom is -0.478 e.